The molecule has 0 aliphatic heterocycles. The van der Waals surface area contributed by atoms with Crippen LogP contribution in [0.1, 0.15) is 46.1 Å². The highest BCUT2D eigenvalue weighted by Gasteiger charge is 2.34. The molecule has 0 fully saturated rings. The fourth-order valence-electron chi connectivity index (χ4n) is 4.28. The number of rotatable bonds is 14. The SMILES string of the molecule is CCOc1ccc(N(CC(=O)N(Cc2ccc(F)cc2)C(CC)C(=O)NC(C)CC)S(=O)(=O)c2ccc(Br)cc2)cc1. The van der Waals surface area contributed by atoms with E-state index >= 15 is 0 Å². The zero-order chi connectivity index (χ0) is 30.9. The van der Waals surface area contributed by atoms with Crippen LogP contribution in [0.15, 0.2) is 82.2 Å². The van der Waals surface area contributed by atoms with Crippen LogP contribution in [-0.4, -0.2) is 50.4 Å². The fraction of sp³-hybridized carbons (Fsp3) is 0.355. The maximum absolute atomic E-state index is 14.1. The number of amides is 2. The lowest BCUT2D eigenvalue weighted by Crippen LogP contribution is -2.53. The third kappa shape index (κ3) is 8.54. The summed E-state index contributed by atoms with van der Waals surface area (Å²) in [4.78, 5) is 28.8. The zero-order valence-electron chi connectivity index (χ0n) is 24.2. The topological polar surface area (TPSA) is 96.0 Å². The van der Waals surface area contributed by atoms with Gasteiger partial charge in [-0.1, -0.05) is 41.9 Å². The third-order valence-electron chi connectivity index (χ3n) is 6.77. The Bertz CT molecular complexity index is 1430. The van der Waals surface area contributed by atoms with Gasteiger partial charge in [0.1, 0.15) is 24.2 Å². The first-order valence-corrected chi connectivity index (χ1v) is 16.1. The molecule has 0 bridgehead atoms. The highest BCUT2D eigenvalue weighted by molar-refractivity contribution is 9.10. The predicted octanol–water partition coefficient (Wildman–Crippen LogP) is 5.90. The Balaban J connectivity index is 2.05. The zero-order valence-corrected chi connectivity index (χ0v) is 26.6. The number of carbonyl (C=O) groups is 2. The number of benzene rings is 3. The second-order valence-corrected chi connectivity index (χ2v) is 12.6. The van der Waals surface area contributed by atoms with E-state index in [-0.39, 0.29) is 35.5 Å². The highest BCUT2D eigenvalue weighted by Crippen LogP contribution is 2.27. The molecule has 8 nitrogen and oxygen atoms in total. The normalized spacial score (nSPS) is 12.7. The second-order valence-electron chi connectivity index (χ2n) is 9.78. The van der Waals surface area contributed by atoms with Crippen molar-refractivity contribution in [3.05, 3.63) is 88.6 Å². The maximum atomic E-state index is 14.1. The van der Waals surface area contributed by atoms with Crippen molar-refractivity contribution < 1.29 is 27.1 Å². The molecule has 42 heavy (non-hydrogen) atoms. The molecule has 2 atom stereocenters. The van der Waals surface area contributed by atoms with E-state index in [1.807, 2.05) is 20.8 Å². The van der Waals surface area contributed by atoms with Crippen LogP contribution in [0.3, 0.4) is 0 Å². The summed E-state index contributed by atoms with van der Waals surface area (Å²) in [6.07, 6.45) is 0.989. The van der Waals surface area contributed by atoms with Crippen LogP contribution in [0, 0.1) is 5.82 Å². The molecule has 3 aromatic rings. The van der Waals surface area contributed by atoms with Crippen molar-refractivity contribution in [2.45, 2.75) is 64.1 Å². The summed E-state index contributed by atoms with van der Waals surface area (Å²) in [5.41, 5.74) is 0.858. The molecule has 0 radical (unpaired) electrons. The van der Waals surface area contributed by atoms with E-state index in [4.69, 9.17) is 4.74 Å². The van der Waals surface area contributed by atoms with E-state index in [0.717, 1.165) is 4.31 Å². The molecule has 3 aromatic carbocycles. The van der Waals surface area contributed by atoms with Crippen LogP contribution in [0.2, 0.25) is 0 Å². The summed E-state index contributed by atoms with van der Waals surface area (Å²) in [7, 11) is -4.20. The van der Waals surface area contributed by atoms with E-state index in [9.17, 15) is 22.4 Å². The maximum Gasteiger partial charge on any atom is 0.264 e. The molecule has 2 unspecified atom stereocenters. The molecular weight excluding hydrogens is 625 g/mol. The Kier molecular flexibility index (Phi) is 11.9. The highest BCUT2D eigenvalue weighted by atomic mass is 79.9. The van der Waals surface area contributed by atoms with Crippen LogP contribution in [0.25, 0.3) is 0 Å². The van der Waals surface area contributed by atoms with Crippen LogP contribution in [0.4, 0.5) is 10.1 Å². The monoisotopic (exact) mass is 661 g/mol. The van der Waals surface area contributed by atoms with Gasteiger partial charge in [-0.25, -0.2) is 12.8 Å². The first-order chi connectivity index (χ1) is 20.0. The Morgan fingerprint density at radius 3 is 2.10 bits per heavy atom. The van der Waals surface area contributed by atoms with Gasteiger partial charge in [-0.3, -0.25) is 13.9 Å². The number of anilines is 1. The van der Waals surface area contributed by atoms with Gasteiger partial charge >= 0.3 is 0 Å². The van der Waals surface area contributed by atoms with Crippen molar-refractivity contribution in [3.8, 4) is 5.75 Å². The number of nitrogens with one attached hydrogen (secondary N) is 1. The lowest BCUT2D eigenvalue weighted by atomic mass is 10.1. The van der Waals surface area contributed by atoms with Crippen molar-refractivity contribution in [2.24, 2.45) is 0 Å². The van der Waals surface area contributed by atoms with Crippen LogP contribution in [0.5, 0.6) is 5.75 Å². The summed E-state index contributed by atoms with van der Waals surface area (Å²) in [6, 6.07) is 17.2. The molecule has 226 valence electrons. The van der Waals surface area contributed by atoms with Crippen molar-refractivity contribution in [2.75, 3.05) is 17.5 Å². The summed E-state index contributed by atoms with van der Waals surface area (Å²) in [5, 5.41) is 2.93. The minimum Gasteiger partial charge on any atom is -0.494 e. The molecule has 0 aliphatic rings. The second kappa shape index (κ2) is 15.2. The quantitative estimate of drug-likeness (QED) is 0.232. The van der Waals surface area contributed by atoms with Gasteiger partial charge in [0.05, 0.1) is 17.2 Å². The number of hydrogen-bond donors (Lipinski definition) is 1. The molecule has 0 heterocycles. The molecular formula is C31H37BrFN3O5S. The number of ether oxygens (including phenoxy) is 1. The smallest absolute Gasteiger partial charge is 0.264 e. The van der Waals surface area contributed by atoms with E-state index < -0.39 is 34.3 Å². The Morgan fingerprint density at radius 2 is 1.55 bits per heavy atom. The summed E-state index contributed by atoms with van der Waals surface area (Å²) >= 11 is 3.33. The van der Waals surface area contributed by atoms with Gasteiger partial charge in [-0.05, 0) is 92.9 Å². The Morgan fingerprint density at radius 1 is 0.929 bits per heavy atom. The van der Waals surface area contributed by atoms with E-state index in [0.29, 0.717) is 28.8 Å². The molecule has 0 aromatic heterocycles. The third-order valence-corrected chi connectivity index (χ3v) is 9.09. The van der Waals surface area contributed by atoms with Gasteiger partial charge in [0, 0.05) is 17.1 Å². The van der Waals surface area contributed by atoms with Crippen molar-refractivity contribution in [1.82, 2.24) is 10.2 Å². The summed E-state index contributed by atoms with van der Waals surface area (Å²) in [5.74, 6) is -0.801. The van der Waals surface area contributed by atoms with Crippen LogP contribution in [-0.2, 0) is 26.2 Å². The average molecular weight is 663 g/mol. The van der Waals surface area contributed by atoms with Gasteiger partial charge in [0.25, 0.3) is 10.0 Å². The molecule has 2 amide bonds. The Hall–Kier alpha value is -3.44. The van der Waals surface area contributed by atoms with Crippen LogP contribution < -0.4 is 14.4 Å². The number of carbonyl (C=O) groups excluding carboxylic acids is 2. The summed E-state index contributed by atoms with van der Waals surface area (Å²) in [6.45, 7) is 7.29. The fourth-order valence-corrected chi connectivity index (χ4v) is 5.96. The predicted molar refractivity (Wildman–Crippen MR) is 165 cm³/mol. The van der Waals surface area contributed by atoms with Gasteiger partial charge in [0.15, 0.2) is 0 Å². The number of hydrogen-bond acceptors (Lipinski definition) is 5. The van der Waals surface area contributed by atoms with E-state index in [2.05, 4.69) is 21.2 Å². The molecule has 0 saturated carbocycles. The minimum atomic E-state index is -4.20. The Labute approximate surface area is 256 Å². The lowest BCUT2D eigenvalue weighted by Gasteiger charge is -2.33. The van der Waals surface area contributed by atoms with E-state index in [1.165, 1.54) is 41.3 Å². The van der Waals surface area contributed by atoms with Gasteiger partial charge in [0.2, 0.25) is 11.8 Å². The number of halogens is 2. The van der Waals surface area contributed by atoms with Gasteiger partial charge < -0.3 is 15.0 Å². The molecule has 3 rings (SSSR count). The van der Waals surface area contributed by atoms with Crippen molar-refractivity contribution in [3.63, 3.8) is 0 Å². The number of sulfonamides is 1. The van der Waals surface area contributed by atoms with Gasteiger partial charge in [-0.2, -0.15) is 0 Å². The summed E-state index contributed by atoms with van der Waals surface area (Å²) < 4.78 is 48.8. The first-order valence-electron chi connectivity index (χ1n) is 13.9. The molecule has 11 heteroatoms. The molecule has 1 N–H and O–H groups in total. The van der Waals surface area contributed by atoms with E-state index in [1.54, 1.807) is 43.3 Å². The largest absolute Gasteiger partial charge is 0.494 e. The first kappa shape index (κ1) is 33.1. The lowest BCUT2D eigenvalue weighted by molar-refractivity contribution is -0.140. The van der Waals surface area contributed by atoms with Gasteiger partial charge in [-0.15, -0.1) is 0 Å². The van der Waals surface area contributed by atoms with Crippen LogP contribution >= 0.6 is 15.9 Å². The molecule has 0 aliphatic carbocycles. The molecule has 0 spiro atoms. The average Bonchev–Trinajstić information content (AvgIpc) is 2.97. The van der Waals surface area contributed by atoms with Crippen molar-refractivity contribution in [1.29, 1.82) is 0 Å². The standard InChI is InChI=1S/C31H37BrFN3O5S/c1-5-22(4)34-31(38)29(6-2)35(20-23-8-12-25(33)13-9-23)30(37)21-36(26-14-16-27(17-15-26)41-7-3)42(39,40)28-18-10-24(32)11-19-28/h8-19,22,29H,5-7,20-21H2,1-4H3,(H,34,38). The number of nitrogens with zero attached hydrogens (tertiary/aromatic N) is 2. The van der Waals surface area contributed by atoms with Crippen molar-refractivity contribution >= 4 is 43.5 Å². The minimum absolute atomic E-state index is 0.000903. The molecule has 0 saturated heterocycles.